The van der Waals surface area contributed by atoms with E-state index in [2.05, 4.69) is 39.8 Å². The summed E-state index contributed by atoms with van der Waals surface area (Å²) in [6.07, 6.45) is 5.32. The molecular formula is C20H35N5O2. The average molecular weight is 378 g/mol. The molecule has 0 radical (unpaired) electrons. The van der Waals surface area contributed by atoms with E-state index in [-0.39, 0.29) is 5.91 Å². The van der Waals surface area contributed by atoms with Gasteiger partial charge in [0, 0.05) is 25.7 Å². The van der Waals surface area contributed by atoms with Crippen molar-refractivity contribution in [3.05, 3.63) is 23.9 Å². The van der Waals surface area contributed by atoms with Crippen molar-refractivity contribution in [2.45, 2.75) is 65.4 Å². The number of amides is 1. The molecule has 0 fully saturated rings. The number of guanidine groups is 1. The highest BCUT2D eigenvalue weighted by atomic mass is 16.3. The Labute approximate surface area is 163 Å². The summed E-state index contributed by atoms with van der Waals surface area (Å²) in [6.45, 7) is 9.58. The highest BCUT2D eigenvalue weighted by Crippen LogP contribution is 2.19. The summed E-state index contributed by atoms with van der Waals surface area (Å²) in [5, 5.41) is 19.8. The fraction of sp³-hybridized carbons (Fsp3) is 0.650. The number of nitrogens with zero attached hydrogens (tertiary/aromatic N) is 2. The lowest BCUT2D eigenvalue weighted by atomic mass is 9.93. The number of anilines is 1. The molecule has 1 aromatic heterocycles. The number of rotatable bonds is 11. The Morgan fingerprint density at radius 2 is 1.89 bits per heavy atom. The number of hydrogen-bond donors (Lipinski definition) is 4. The summed E-state index contributed by atoms with van der Waals surface area (Å²) < 4.78 is 0. The topological polar surface area (TPSA) is 98.6 Å². The standard InChI is InChI=1S/C20H35N5O2/c1-5-11-20(27,12-6-2)15-24-19(21-7-3)22-13-10-18(26)25-17-9-8-16(4)14-23-17/h8-9,14,27H,5-7,10-13,15H2,1-4H3,(H2,21,22,24)(H,23,25,26). The van der Waals surface area contributed by atoms with E-state index in [0.29, 0.717) is 37.8 Å². The smallest absolute Gasteiger partial charge is 0.227 e. The minimum atomic E-state index is -0.764. The van der Waals surface area contributed by atoms with Gasteiger partial charge < -0.3 is 21.1 Å². The van der Waals surface area contributed by atoms with Crippen molar-refractivity contribution in [3.8, 4) is 0 Å². The molecular weight excluding hydrogens is 342 g/mol. The van der Waals surface area contributed by atoms with E-state index in [1.807, 2.05) is 19.9 Å². The lowest BCUT2D eigenvalue weighted by Gasteiger charge is -2.26. The Balaban J connectivity index is 2.51. The zero-order valence-corrected chi connectivity index (χ0v) is 17.1. The molecule has 7 heteroatoms. The van der Waals surface area contributed by atoms with E-state index in [0.717, 1.165) is 31.2 Å². The second kappa shape index (κ2) is 12.3. The normalized spacial score (nSPS) is 12.0. The lowest BCUT2D eigenvalue weighted by Crippen LogP contribution is -2.41. The van der Waals surface area contributed by atoms with Gasteiger partial charge >= 0.3 is 0 Å². The van der Waals surface area contributed by atoms with Crippen LogP contribution in [-0.4, -0.2) is 47.2 Å². The molecule has 0 saturated heterocycles. The molecule has 0 atom stereocenters. The van der Waals surface area contributed by atoms with Crippen molar-refractivity contribution in [3.63, 3.8) is 0 Å². The SMILES string of the molecule is CCCC(O)(CCC)CN=C(NCC)NCCC(=O)Nc1ccc(C)cn1. The molecule has 0 aliphatic rings. The number of carbonyl (C=O) groups excluding carboxylic acids is 1. The van der Waals surface area contributed by atoms with Gasteiger partial charge in [-0.2, -0.15) is 0 Å². The second-order valence-electron chi connectivity index (χ2n) is 6.87. The molecule has 1 amide bonds. The van der Waals surface area contributed by atoms with E-state index in [1.54, 1.807) is 12.3 Å². The third-order valence-corrected chi connectivity index (χ3v) is 4.13. The fourth-order valence-corrected chi connectivity index (χ4v) is 2.82. The molecule has 0 aliphatic carbocycles. The van der Waals surface area contributed by atoms with E-state index in [1.165, 1.54) is 0 Å². The molecule has 0 spiro atoms. The van der Waals surface area contributed by atoms with Crippen LogP contribution >= 0.6 is 0 Å². The summed E-state index contributed by atoms with van der Waals surface area (Å²) >= 11 is 0. The quantitative estimate of drug-likeness (QED) is 0.351. The Morgan fingerprint density at radius 1 is 1.19 bits per heavy atom. The first-order chi connectivity index (χ1) is 12.9. The number of hydrogen-bond acceptors (Lipinski definition) is 4. The van der Waals surface area contributed by atoms with Gasteiger partial charge in [-0.05, 0) is 38.3 Å². The molecule has 152 valence electrons. The largest absolute Gasteiger partial charge is 0.388 e. The number of aryl methyl sites for hydroxylation is 1. The predicted molar refractivity (Wildman–Crippen MR) is 111 cm³/mol. The first-order valence-electron chi connectivity index (χ1n) is 9.89. The molecule has 4 N–H and O–H groups in total. The Bertz CT molecular complexity index is 581. The first-order valence-corrected chi connectivity index (χ1v) is 9.89. The molecule has 0 unspecified atom stereocenters. The van der Waals surface area contributed by atoms with Gasteiger partial charge in [0.15, 0.2) is 5.96 Å². The van der Waals surface area contributed by atoms with Crippen molar-refractivity contribution in [1.82, 2.24) is 15.6 Å². The Hall–Kier alpha value is -2.15. The van der Waals surface area contributed by atoms with Gasteiger partial charge in [0.2, 0.25) is 5.91 Å². The van der Waals surface area contributed by atoms with Crippen LogP contribution in [0.4, 0.5) is 5.82 Å². The van der Waals surface area contributed by atoms with Crippen LogP contribution < -0.4 is 16.0 Å². The number of aliphatic imine (C=N–C) groups is 1. The second-order valence-corrected chi connectivity index (χ2v) is 6.87. The lowest BCUT2D eigenvalue weighted by molar-refractivity contribution is -0.116. The van der Waals surface area contributed by atoms with Crippen molar-refractivity contribution >= 4 is 17.7 Å². The van der Waals surface area contributed by atoms with Gasteiger partial charge in [0.25, 0.3) is 0 Å². The van der Waals surface area contributed by atoms with Gasteiger partial charge in [-0.15, -0.1) is 0 Å². The zero-order valence-electron chi connectivity index (χ0n) is 17.1. The zero-order chi connectivity index (χ0) is 20.1. The van der Waals surface area contributed by atoms with Crippen LogP contribution in [-0.2, 0) is 4.79 Å². The van der Waals surface area contributed by atoms with Gasteiger partial charge in [-0.3, -0.25) is 9.79 Å². The number of aliphatic hydroxyl groups is 1. The number of pyridine rings is 1. The first kappa shape index (κ1) is 22.9. The summed E-state index contributed by atoms with van der Waals surface area (Å²) in [7, 11) is 0. The molecule has 0 aliphatic heterocycles. The highest BCUT2D eigenvalue weighted by Gasteiger charge is 2.24. The highest BCUT2D eigenvalue weighted by molar-refractivity contribution is 5.90. The molecule has 0 aromatic carbocycles. The fourth-order valence-electron chi connectivity index (χ4n) is 2.82. The van der Waals surface area contributed by atoms with Gasteiger partial charge in [0.05, 0.1) is 12.1 Å². The molecule has 27 heavy (non-hydrogen) atoms. The molecule has 0 bridgehead atoms. The molecule has 1 heterocycles. The van der Waals surface area contributed by atoms with Crippen molar-refractivity contribution in [2.75, 3.05) is 25.0 Å². The van der Waals surface area contributed by atoms with E-state index in [4.69, 9.17) is 0 Å². The summed E-state index contributed by atoms with van der Waals surface area (Å²) in [4.78, 5) is 20.7. The third kappa shape index (κ3) is 9.38. The van der Waals surface area contributed by atoms with Gasteiger partial charge in [-0.25, -0.2) is 4.98 Å². The molecule has 1 rings (SSSR count). The van der Waals surface area contributed by atoms with Crippen molar-refractivity contribution in [2.24, 2.45) is 4.99 Å². The van der Waals surface area contributed by atoms with Crippen LogP contribution in [0.25, 0.3) is 0 Å². The molecule has 0 saturated carbocycles. The monoisotopic (exact) mass is 377 g/mol. The Morgan fingerprint density at radius 3 is 2.44 bits per heavy atom. The van der Waals surface area contributed by atoms with E-state index >= 15 is 0 Å². The van der Waals surface area contributed by atoms with Crippen LogP contribution in [0.1, 0.15) is 58.4 Å². The van der Waals surface area contributed by atoms with Gasteiger partial charge in [-0.1, -0.05) is 32.8 Å². The number of carbonyl (C=O) groups is 1. The van der Waals surface area contributed by atoms with E-state index in [9.17, 15) is 9.90 Å². The van der Waals surface area contributed by atoms with E-state index < -0.39 is 5.60 Å². The minimum Gasteiger partial charge on any atom is -0.388 e. The van der Waals surface area contributed by atoms with Crippen molar-refractivity contribution < 1.29 is 9.90 Å². The van der Waals surface area contributed by atoms with Crippen LogP contribution in [0.15, 0.2) is 23.3 Å². The number of aromatic nitrogens is 1. The summed E-state index contributed by atoms with van der Waals surface area (Å²) in [5.74, 6) is 1.06. The maximum Gasteiger partial charge on any atom is 0.227 e. The number of nitrogens with one attached hydrogen (secondary N) is 3. The van der Waals surface area contributed by atoms with Crippen molar-refractivity contribution in [1.29, 1.82) is 0 Å². The van der Waals surface area contributed by atoms with Crippen LogP contribution in [0.3, 0.4) is 0 Å². The minimum absolute atomic E-state index is 0.108. The summed E-state index contributed by atoms with van der Waals surface area (Å²) in [5.41, 5.74) is 0.285. The Kier molecular flexibility index (Phi) is 10.4. The molecule has 1 aromatic rings. The van der Waals surface area contributed by atoms with Crippen LogP contribution in [0, 0.1) is 6.92 Å². The maximum atomic E-state index is 12.0. The van der Waals surface area contributed by atoms with Crippen LogP contribution in [0.5, 0.6) is 0 Å². The maximum absolute atomic E-state index is 12.0. The average Bonchev–Trinajstić information content (AvgIpc) is 2.62. The molecule has 7 nitrogen and oxygen atoms in total. The summed E-state index contributed by atoms with van der Waals surface area (Å²) in [6, 6.07) is 3.69. The predicted octanol–water partition coefficient (Wildman–Crippen LogP) is 2.61. The van der Waals surface area contributed by atoms with Crippen LogP contribution in [0.2, 0.25) is 0 Å². The third-order valence-electron chi connectivity index (χ3n) is 4.13. The van der Waals surface area contributed by atoms with Gasteiger partial charge in [0.1, 0.15) is 5.82 Å².